The first-order valence-electron chi connectivity index (χ1n) is 7.83. The van der Waals surface area contributed by atoms with E-state index in [2.05, 4.69) is 0 Å². The van der Waals surface area contributed by atoms with Crippen molar-refractivity contribution >= 4 is 17.4 Å². The standard InChI is InChI=1S/C20H23NO3/c1-13-11-15(14-5-8-16(21)9-6-14)7-10-17(13)18(22)12-20(2,3)19(23)24-4/h5-11H,12,21H2,1-4H3. The van der Waals surface area contributed by atoms with Crippen LogP contribution in [0.4, 0.5) is 5.69 Å². The summed E-state index contributed by atoms with van der Waals surface area (Å²) >= 11 is 0. The largest absolute Gasteiger partial charge is 0.469 e. The molecule has 2 aromatic carbocycles. The Morgan fingerprint density at radius 1 is 1.04 bits per heavy atom. The number of ketones is 1. The Hall–Kier alpha value is -2.62. The molecule has 0 aromatic heterocycles. The maximum Gasteiger partial charge on any atom is 0.311 e. The molecule has 0 aliphatic heterocycles. The second-order valence-corrected chi connectivity index (χ2v) is 6.63. The van der Waals surface area contributed by atoms with Gasteiger partial charge in [-0.05, 0) is 49.6 Å². The van der Waals surface area contributed by atoms with Crippen LogP contribution in [0.5, 0.6) is 0 Å². The Morgan fingerprint density at radius 3 is 2.17 bits per heavy atom. The van der Waals surface area contributed by atoms with E-state index < -0.39 is 5.41 Å². The van der Waals surface area contributed by atoms with E-state index >= 15 is 0 Å². The molecular formula is C20H23NO3. The van der Waals surface area contributed by atoms with Crippen molar-refractivity contribution in [3.8, 4) is 11.1 Å². The first-order valence-corrected chi connectivity index (χ1v) is 7.83. The average molecular weight is 325 g/mol. The summed E-state index contributed by atoms with van der Waals surface area (Å²) in [6, 6.07) is 13.3. The van der Waals surface area contributed by atoms with Crippen molar-refractivity contribution < 1.29 is 14.3 Å². The lowest BCUT2D eigenvalue weighted by molar-refractivity contribution is -0.150. The van der Waals surface area contributed by atoms with Crippen LogP contribution >= 0.6 is 0 Å². The van der Waals surface area contributed by atoms with Gasteiger partial charge in [0.05, 0.1) is 12.5 Å². The number of hydrogen-bond donors (Lipinski definition) is 1. The summed E-state index contributed by atoms with van der Waals surface area (Å²) in [6.45, 7) is 5.34. The molecule has 4 heteroatoms. The van der Waals surface area contributed by atoms with Gasteiger partial charge in [-0.1, -0.05) is 30.3 Å². The molecule has 2 aromatic rings. The normalized spacial score (nSPS) is 11.2. The van der Waals surface area contributed by atoms with Crippen molar-refractivity contribution in [1.29, 1.82) is 0 Å². The van der Waals surface area contributed by atoms with Crippen molar-refractivity contribution in [3.63, 3.8) is 0 Å². The zero-order valence-electron chi connectivity index (χ0n) is 14.6. The minimum Gasteiger partial charge on any atom is -0.469 e. The number of esters is 1. The number of rotatable bonds is 5. The molecule has 0 atom stereocenters. The smallest absolute Gasteiger partial charge is 0.311 e. The Balaban J connectivity index is 2.25. The lowest BCUT2D eigenvalue weighted by Crippen LogP contribution is -2.28. The van der Waals surface area contributed by atoms with Crippen LogP contribution in [0, 0.1) is 12.3 Å². The number of ether oxygens (including phenoxy) is 1. The van der Waals surface area contributed by atoms with Gasteiger partial charge in [0.2, 0.25) is 0 Å². The van der Waals surface area contributed by atoms with Gasteiger partial charge in [0.15, 0.2) is 5.78 Å². The molecule has 0 fully saturated rings. The highest BCUT2D eigenvalue weighted by Crippen LogP contribution is 2.28. The van der Waals surface area contributed by atoms with E-state index in [1.807, 2.05) is 49.4 Å². The number of anilines is 1. The van der Waals surface area contributed by atoms with Crippen LogP contribution in [0.15, 0.2) is 42.5 Å². The number of hydrogen-bond acceptors (Lipinski definition) is 4. The summed E-state index contributed by atoms with van der Waals surface area (Å²) < 4.78 is 4.77. The van der Waals surface area contributed by atoms with E-state index in [0.717, 1.165) is 16.7 Å². The van der Waals surface area contributed by atoms with Crippen LogP contribution in [0.2, 0.25) is 0 Å². The molecule has 0 aliphatic rings. The van der Waals surface area contributed by atoms with Crippen LogP contribution in [-0.4, -0.2) is 18.9 Å². The zero-order valence-corrected chi connectivity index (χ0v) is 14.6. The summed E-state index contributed by atoms with van der Waals surface area (Å²) in [5.41, 5.74) is 9.17. The van der Waals surface area contributed by atoms with Crippen LogP contribution in [-0.2, 0) is 9.53 Å². The van der Waals surface area contributed by atoms with E-state index in [4.69, 9.17) is 10.5 Å². The molecule has 2 N–H and O–H groups in total. The minimum absolute atomic E-state index is 0.0632. The third-order valence-corrected chi connectivity index (χ3v) is 4.11. The van der Waals surface area contributed by atoms with E-state index in [0.29, 0.717) is 11.3 Å². The fraction of sp³-hybridized carbons (Fsp3) is 0.300. The topological polar surface area (TPSA) is 69.4 Å². The van der Waals surface area contributed by atoms with Crippen LogP contribution in [0.25, 0.3) is 11.1 Å². The van der Waals surface area contributed by atoms with Gasteiger partial charge < -0.3 is 10.5 Å². The van der Waals surface area contributed by atoms with Crippen LogP contribution in [0.3, 0.4) is 0 Å². The number of carbonyl (C=O) groups excluding carboxylic acids is 2. The van der Waals surface area contributed by atoms with Crippen LogP contribution < -0.4 is 5.73 Å². The number of carbonyl (C=O) groups is 2. The summed E-state index contributed by atoms with van der Waals surface area (Å²) in [5, 5.41) is 0. The van der Waals surface area contributed by atoms with Gasteiger partial charge in [-0.25, -0.2) is 0 Å². The third-order valence-electron chi connectivity index (χ3n) is 4.11. The Morgan fingerprint density at radius 2 is 1.62 bits per heavy atom. The summed E-state index contributed by atoms with van der Waals surface area (Å²) in [6.07, 6.45) is 0.113. The summed E-state index contributed by atoms with van der Waals surface area (Å²) in [5.74, 6) is -0.446. The maximum atomic E-state index is 12.6. The maximum absolute atomic E-state index is 12.6. The van der Waals surface area contributed by atoms with Gasteiger partial charge in [0.1, 0.15) is 0 Å². The third kappa shape index (κ3) is 3.82. The molecule has 0 unspecified atom stereocenters. The lowest BCUT2D eigenvalue weighted by atomic mass is 9.84. The van der Waals surface area contributed by atoms with E-state index in [9.17, 15) is 9.59 Å². The molecule has 0 amide bonds. The van der Waals surface area contributed by atoms with E-state index in [1.54, 1.807) is 13.8 Å². The summed E-state index contributed by atoms with van der Waals surface area (Å²) in [4.78, 5) is 24.3. The molecule has 0 bridgehead atoms. The number of aryl methyl sites for hydroxylation is 1. The molecule has 0 spiro atoms. The predicted octanol–water partition coefficient (Wildman–Crippen LogP) is 4.02. The predicted molar refractivity (Wildman–Crippen MR) is 95.8 cm³/mol. The number of Topliss-reactive ketones (excluding diaryl/α,β-unsaturated/α-hetero) is 1. The van der Waals surface area contributed by atoms with Crippen molar-refractivity contribution in [2.75, 3.05) is 12.8 Å². The number of nitrogen functional groups attached to an aromatic ring is 1. The SMILES string of the molecule is COC(=O)C(C)(C)CC(=O)c1ccc(-c2ccc(N)cc2)cc1C. The molecule has 126 valence electrons. The zero-order chi connectivity index (χ0) is 17.9. The van der Waals surface area contributed by atoms with Gasteiger partial charge >= 0.3 is 5.97 Å². The molecule has 24 heavy (non-hydrogen) atoms. The van der Waals surface area contributed by atoms with E-state index in [-0.39, 0.29) is 18.2 Å². The van der Waals surface area contributed by atoms with Crippen LogP contribution in [0.1, 0.15) is 36.2 Å². The molecule has 0 saturated carbocycles. The fourth-order valence-electron chi connectivity index (χ4n) is 2.68. The molecule has 0 heterocycles. The van der Waals surface area contributed by atoms with Crippen molar-refractivity contribution in [1.82, 2.24) is 0 Å². The Kier molecular flexibility index (Phi) is 5.07. The number of benzene rings is 2. The van der Waals surface area contributed by atoms with Gasteiger partial charge in [0, 0.05) is 17.7 Å². The van der Waals surface area contributed by atoms with Crippen molar-refractivity contribution in [2.24, 2.45) is 5.41 Å². The Labute approximate surface area is 142 Å². The molecule has 0 saturated heterocycles. The van der Waals surface area contributed by atoms with Gasteiger partial charge in [-0.3, -0.25) is 9.59 Å². The van der Waals surface area contributed by atoms with Crippen molar-refractivity contribution in [2.45, 2.75) is 27.2 Å². The first-order chi connectivity index (χ1) is 11.2. The summed E-state index contributed by atoms with van der Waals surface area (Å²) in [7, 11) is 1.33. The molecule has 0 radical (unpaired) electrons. The quantitative estimate of drug-likeness (QED) is 0.512. The number of methoxy groups -OCH3 is 1. The van der Waals surface area contributed by atoms with E-state index in [1.165, 1.54) is 7.11 Å². The first kappa shape index (κ1) is 17.7. The molecular weight excluding hydrogens is 302 g/mol. The molecule has 2 rings (SSSR count). The van der Waals surface area contributed by atoms with Crippen molar-refractivity contribution in [3.05, 3.63) is 53.6 Å². The van der Waals surface area contributed by atoms with Gasteiger partial charge in [-0.2, -0.15) is 0 Å². The fourth-order valence-corrected chi connectivity index (χ4v) is 2.68. The highest BCUT2D eigenvalue weighted by Gasteiger charge is 2.32. The van der Waals surface area contributed by atoms with Gasteiger partial charge in [-0.15, -0.1) is 0 Å². The molecule has 4 nitrogen and oxygen atoms in total. The molecule has 0 aliphatic carbocycles. The second-order valence-electron chi connectivity index (χ2n) is 6.63. The highest BCUT2D eigenvalue weighted by molar-refractivity contribution is 6.00. The minimum atomic E-state index is -0.839. The highest BCUT2D eigenvalue weighted by atomic mass is 16.5. The lowest BCUT2D eigenvalue weighted by Gasteiger charge is -2.21. The average Bonchev–Trinajstić information content (AvgIpc) is 2.54. The monoisotopic (exact) mass is 325 g/mol. The Bertz CT molecular complexity index is 761. The van der Waals surface area contributed by atoms with Gasteiger partial charge in [0.25, 0.3) is 0 Å². The second kappa shape index (κ2) is 6.87. The number of nitrogens with two attached hydrogens (primary N) is 1.